The fourth-order valence-corrected chi connectivity index (χ4v) is 3.35. The Labute approximate surface area is 122 Å². The topological polar surface area (TPSA) is 91.8 Å². The number of sulfonamides is 1. The Morgan fingerprint density at radius 1 is 1.38 bits per heavy atom. The standard InChI is InChI=1S/C12H16FN5O2S/c1-8-4-10(13)6-11(5-8)21(19,20)18(3)7-9(2)12-14-16-17-15-12/h4-6,9H,7H2,1-3H3,(H,14,15,16,17)/t9-/m0/s1. The van der Waals surface area contributed by atoms with E-state index in [1.54, 1.807) is 13.8 Å². The summed E-state index contributed by atoms with van der Waals surface area (Å²) in [5.41, 5.74) is 0.549. The van der Waals surface area contributed by atoms with E-state index < -0.39 is 15.8 Å². The molecular formula is C12H16FN5O2S. The van der Waals surface area contributed by atoms with Crippen LogP contribution in [0.25, 0.3) is 0 Å². The summed E-state index contributed by atoms with van der Waals surface area (Å²) in [6, 6.07) is 3.73. The summed E-state index contributed by atoms with van der Waals surface area (Å²) >= 11 is 0. The molecule has 1 N–H and O–H groups in total. The minimum Gasteiger partial charge on any atom is -0.207 e. The molecule has 2 aromatic rings. The van der Waals surface area contributed by atoms with Crippen LogP contribution in [0.3, 0.4) is 0 Å². The third kappa shape index (κ3) is 3.42. The largest absolute Gasteiger partial charge is 0.242 e. The molecule has 0 saturated heterocycles. The van der Waals surface area contributed by atoms with Crippen LogP contribution >= 0.6 is 0 Å². The van der Waals surface area contributed by atoms with Gasteiger partial charge in [-0.25, -0.2) is 17.1 Å². The highest BCUT2D eigenvalue weighted by Gasteiger charge is 2.25. The number of nitrogens with zero attached hydrogens (tertiary/aromatic N) is 4. The number of aromatic nitrogens is 4. The van der Waals surface area contributed by atoms with Crippen LogP contribution in [0.5, 0.6) is 0 Å². The molecule has 9 heteroatoms. The Morgan fingerprint density at radius 3 is 2.67 bits per heavy atom. The molecule has 0 fully saturated rings. The van der Waals surface area contributed by atoms with Crippen molar-refractivity contribution in [2.45, 2.75) is 24.7 Å². The van der Waals surface area contributed by atoms with E-state index in [0.29, 0.717) is 11.4 Å². The molecule has 2 rings (SSSR count). The molecule has 0 radical (unpaired) electrons. The van der Waals surface area contributed by atoms with E-state index in [-0.39, 0.29) is 17.4 Å². The number of benzene rings is 1. The van der Waals surface area contributed by atoms with Crippen LogP contribution in [-0.4, -0.2) is 46.9 Å². The predicted octanol–water partition coefficient (Wildman–Crippen LogP) is 1.07. The highest BCUT2D eigenvalue weighted by Crippen LogP contribution is 2.20. The van der Waals surface area contributed by atoms with Crippen molar-refractivity contribution in [3.8, 4) is 0 Å². The van der Waals surface area contributed by atoms with Gasteiger partial charge in [0, 0.05) is 19.5 Å². The maximum Gasteiger partial charge on any atom is 0.242 e. The van der Waals surface area contributed by atoms with E-state index in [1.165, 1.54) is 19.2 Å². The lowest BCUT2D eigenvalue weighted by molar-refractivity contribution is 0.439. The molecule has 1 aromatic carbocycles. The molecule has 0 aliphatic rings. The van der Waals surface area contributed by atoms with Crippen LogP contribution < -0.4 is 0 Å². The first-order chi connectivity index (χ1) is 9.80. The van der Waals surface area contributed by atoms with Crippen molar-refractivity contribution < 1.29 is 12.8 Å². The molecule has 0 aliphatic carbocycles. The van der Waals surface area contributed by atoms with Crippen LogP contribution in [0.1, 0.15) is 24.2 Å². The summed E-state index contributed by atoms with van der Waals surface area (Å²) in [6.45, 7) is 3.59. The van der Waals surface area contributed by atoms with Gasteiger partial charge in [0.1, 0.15) is 5.82 Å². The van der Waals surface area contributed by atoms with Gasteiger partial charge in [-0.2, -0.15) is 5.21 Å². The molecule has 0 unspecified atom stereocenters. The third-order valence-corrected chi connectivity index (χ3v) is 4.86. The molecule has 0 bridgehead atoms. The molecule has 7 nitrogen and oxygen atoms in total. The van der Waals surface area contributed by atoms with Gasteiger partial charge in [-0.3, -0.25) is 0 Å². The van der Waals surface area contributed by atoms with E-state index in [1.807, 2.05) is 0 Å². The number of aromatic amines is 1. The SMILES string of the molecule is Cc1cc(F)cc(S(=O)(=O)N(C)C[C@H](C)c2nn[nH]n2)c1. The minimum absolute atomic E-state index is 0.0668. The van der Waals surface area contributed by atoms with Crippen molar-refractivity contribution in [3.05, 3.63) is 35.4 Å². The highest BCUT2D eigenvalue weighted by molar-refractivity contribution is 7.89. The van der Waals surface area contributed by atoms with Crippen LogP contribution in [0.2, 0.25) is 0 Å². The summed E-state index contributed by atoms with van der Waals surface area (Å²) in [5.74, 6) is -0.390. The van der Waals surface area contributed by atoms with Gasteiger partial charge in [-0.15, -0.1) is 10.2 Å². The average molecular weight is 313 g/mol. The molecule has 1 heterocycles. The van der Waals surface area contributed by atoms with Gasteiger partial charge < -0.3 is 0 Å². The number of nitrogens with one attached hydrogen (secondary N) is 1. The maximum absolute atomic E-state index is 13.4. The van der Waals surface area contributed by atoms with Crippen molar-refractivity contribution in [3.63, 3.8) is 0 Å². The lowest BCUT2D eigenvalue weighted by Gasteiger charge is -2.20. The normalized spacial score (nSPS) is 13.6. The van der Waals surface area contributed by atoms with Crippen molar-refractivity contribution in [1.29, 1.82) is 0 Å². The second kappa shape index (κ2) is 5.86. The molecule has 1 atom stereocenters. The zero-order chi connectivity index (χ0) is 15.6. The summed E-state index contributed by atoms with van der Waals surface area (Å²) in [5, 5.41) is 13.4. The fraction of sp³-hybridized carbons (Fsp3) is 0.417. The van der Waals surface area contributed by atoms with Crippen molar-refractivity contribution >= 4 is 10.0 Å². The summed E-state index contributed by atoms with van der Waals surface area (Å²) in [6.07, 6.45) is 0. The number of aryl methyl sites for hydroxylation is 1. The first-order valence-corrected chi connectivity index (χ1v) is 7.71. The van der Waals surface area contributed by atoms with Crippen LogP contribution in [0.15, 0.2) is 23.1 Å². The molecule has 0 amide bonds. The Bertz CT molecular complexity index is 697. The number of halogens is 1. The number of likely N-dealkylation sites (N-methyl/N-ethyl adjacent to an activating group) is 1. The van der Waals surface area contributed by atoms with E-state index in [4.69, 9.17) is 0 Å². The zero-order valence-corrected chi connectivity index (χ0v) is 12.7. The highest BCUT2D eigenvalue weighted by atomic mass is 32.2. The summed E-state index contributed by atoms with van der Waals surface area (Å²) in [4.78, 5) is -0.0668. The number of rotatable bonds is 5. The van der Waals surface area contributed by atoms with Crippen molar-refractivity contribution in [2.75, 3.05) is 13.6 Å². The van der Waals surface area contributed by atoms with Gasteiger partial charge in [0.25, 0.3) is 0 Å². The molecule has 1 aromatic heterocycles. The number of hydrogen-bond donors (Lipinski definition) is 1. The lowest BCUT2D eigenvalue weighted by Crippen LogP contribution is -2.31. The number of hydrogen-bond acceptors (Lipinski definition) is 5. The van der Waals surface area contributed by atoms with E-state index >= 15 is 0 Å². The molecule has 0 saturated carbocycles. The van der Waals surface area contributed by atoms with Crippen molar-refractivity contribution in [2.24, 2.45) is 0 Å². The van der Waals surface area contributed by atoms with Gasteiger partial charge in [-0.05, 0) is 30.7 Å². The van der Waals surface area contributed by atoms with Gasteiger partial charge in [-0.1, -0.05) is 12.1 Å². The van der Waals surface area contributed by atoms with E-state index in [0.717, 1.165) is 10.4 Å². The maximum atomic E-state index is 13.4. The second-order valence-electron chi connectivity index (χ2n) is 4.92. The monoisotopic (exact) mass is 313 g/mol. The first-order valence-electron chi connectivity index (χ1n) is 6.27. The van der Waals surface area contributed by atoms with E-state index in [2.05, 4.69) is 20.6 Å². The second-order valence-corrected chi connectivity index (χ2v) is 6.97. The van der Waals surface area contributed by atoms with Gasteiger partial charge in [0.2, 0.25) is 10.0 Å². The van der Waals surface area contributed by atoms with Gasteiger partial charge in [0.15, 0.2) is 5.82 Å². The smallest absolute Gasteiger partial charge is 0.207 e. The Balaban J connectivity index is 2.22. The van der Waals surface area contributed by atoms with Crippen LogP contribution in [0.4, 0.5) is 4.39 Å². The molecular weight excluding hydrogens is 297 g/mol. The Kier molecular flexibility index (Phi) is 4.33. The summed E-state index contributed by atoms with van der Waals surface area (Å²) < 4.78 is 39.4. The molecule has 114 valence electrons. The number of H-pyrrole nitrogens is 1. The molecule has 0 aliphatic heterocycles. The summed E-state index contributed by atoms with van der Waals surface area (Å²) in [7, 11) is -2.33. The third-order valence-electron chi connectivity index (χ3n) is 3.06. The minimum atomic E-state index is -3.76. The van der Waals surface area contributed by atoms with E-state index in [9.17, 15) is 12.8 Å². The van der Waals surface area contributed by atoms with Crippen LogP contribution in [0, 0.1) is 12.7 Å². The Hall–Kier alpha value is -1.87. The zero-order valence-electron chi connectivity index (χ0n) is 11.9. The first kappa shape index (κ1) is 15.5. The van der Waals surface area contributed by atoms with Crippen molar-refractivity contribution in [1.82, 2.24) is 24.9 Å². The number of tetrazole rings is 1. The fourth-order valence-electron chi connectivity index (χ4n) is 1.98. The lowest BCUT2D eigenvalue weighted by atomic mass is 10.2. The predicted molar refractivity (Wildman–Crippen MR) is 73.5 cm³/mol. The molecule has 21 heavy (non-hydrogen) atoms. The quantitative estimate of drug-likeness (QED) is 0.891. The average Bonchev–Trinajstić information content (AvgIpc) is 2.91. The molecule has 0 spiro atoms. The Morgan fingerprint density at radius 2 is 2.10 bits per heavy atom. The van der Waals surface area contributed by atoms with Gasteiger partial charge >= 0.3 is 0 Å². The van der Waals surface area contributed by atoms with Gasteiger partial charge in [0.05, 0.1) is 4.90 Å². The van der Waals surface area contributed by atoms with Crippen LogP contribution in [-0.2, 0) is 10.0 Å².